The Bertz CT molecular complexity index is 520. The summed E-state index contributed by atoms with van der Waals surface area (Å²) in [5.74, 6) is 0.583. The molecule has 1 aromatic rings. The molecule has 108 valence electrons. The van der Waals surface area contributed by atoms with E-state index in [0.29, 0.717) is 16.8 Å². The molecule has 1 unspecified atom stereocenters. The van der Waals surface area contributed by atoms with Gasteiger partial charge in [0.1, 0.15) is 0 Å². The average Bonchev–Trinajstić information content (AvgIpc) is 3.16. The Hall–Kier alpha value is -0.795. The molecule has 0 amide bonds. The van der Waals surface area contributed by atoms with Gasteiger partial charge in [-0.25, -0.2) is 0 Å². The highest BCUT2D eigenvalue weighted by Gasteiger charge is 2.58. The van der Waals surface area contributed by atoms with Crippen LogP contribution < -0.4 is 5.46 Å². The Kier molecular flexibility index (Phi) is 3.26. The molecule has 2 nitrogen and oxygen atoms in total. The fourth-order valence-electron chi connectivity index (χ4n) is 4.64. The first kappa shape index (κ1) is 14.2. The standard InChI is InChI=1S/C17H25BO2/c1-12(2)17(16(3)9-10-16)8-4-5-13-6-7-14(18(19)20)11-15(13)17/h6-7,11-12,19-20H,4-5,8-10H2,1-3H3. The maximum Gasteiger partial charge on any atom is 0.488 e. The molecule has 0 aliphatic heterocycles. The van der Waals surface area contributed by atoms with Gasteiger partial charge >= 0.3 is 7.12 Å². The summed E-state index contributed by atoms with van der Waals surface area (Å²) in [7, 11) is -1.36. The molecule has 1 fully saturated rings. The lowest BCUT2D eigenvalue weighted by Gasteiger charge is -2.48. The van der Waals surface area contributed by atoms with Crippen LogP contribution in [0.3, 0.4) is 0 Å². The van der Waals surface area contributed by atoms with Crippen molar-refractivity contribution in [2.24, 2.45) is 11.3 Å². The van der Waals surface area contributed by atoms with Crippen LogP contribution in [0.1, 0.15) is 57.6 Å². The van der Waals surface area contributed by atoms with E-state index in [2.05, 4.69) is 32.9 Å². The molecule has 0 saturated heterocycles. The van der Waals surface area contributed by atoms with Gasteiger partial charge < -0.3 is 10.0 Å². The Morgan fingerprint density at radius 3 is 2.40 bits per heavy atom. The van der Waals surface area contributed by atoms with Gasteiger partial charge in [0.15, 0.2) is 0 Å². The molecule has 3 heteroatoms. The van der Waals surface area contributed by atoms with Crippen LogP contribution >= 0.6 is 0 Å². The zero-order valence-corrected chi connectivity index (χ0v) is 12.8. The van der Waals surface area contributed by atoms with Crippen LogP contribution in [0.2, 0.25) is 0 Å². The van der Waals surface area contributed by atoms with Gasteiger partial charge in [-0.3, -0.25) is 0 Å². The zero-order valence-electron chi connectivity index (χ0n) is 12.8. The van der Waals surface area contributed by atoms with Gasteiger partial charge in [-0.1, -0.05) is 39.0 Å². The fraction of sp³-hybridized carbons (Fsp3) is 0.647. The van der Waals surface area contributed by atoms with Crippen LogP contribution in [0, 0.1) is 11.3 Å². The summed E-state index contributed by atoms with van der Waals surface area (Å²) in [6.45, 7) is 7.09. The molecule has 1 atom stereocenters. The lowest BCUT2D eigenvalue weighted by Crippen LogP contribution is -2.45. The van der Waals surface area contributed by atoms with E-state index in [0.717, 1.165) is 6.42 Å². The third-order valence-electron chi connectivity index (χ3n) is 5.99. The second-order valence-electron chi connectivity index (χ2n) is 7.33. The van der Waals surface area contributed by atoms with Crippen molar-refractivity contribution in [2.75, 3.05) is 0 Å². The molecule has 0 bridgehead atoms. The molecule has 1 saturated carbocycles. The van der Waals surface area contributed by atoms with E-state index in [1.807, 2.05) is 6.07 Å². The minimum Gasteiger partial charge on any atom is -0.423 e. The van der Waals surface area contributed by atoms with Crippen molar-refractivity contribution in [1.82, 2.24) is 0 Å². The van der Waals surface area contributed by atoms with Crippen LogP contribution in [0.25, 0.3) is 0 Å². The van der Waals surface area contributed by atoms with Gasteiger partial charge in [-0.15, -0.1) is 0 Å². The van der Waals surface area contributed by atoms with Crippen LogP contribution in [-0.4, -0.2) is 17.2 Å². The van der Waals surface area contributed by atoms with Gasteiger partial charge in [0.2, 0.25) is 0 Å². The smallest absolute Gasteiger partial charge is 0.423 e. The second kappa shape index (κ2) is 4.61. The van der Waals surface area contributed by atoms with Crippen LogP contribution in [0.15, 0.2) is 18.2 Å². The Labute approximate surface area is 122 Å². The summed E-state index contributed by atoms with van der Waals surface area (Å²) in [5.41, 5.74) is 4.06. The molecule has 0 heterocycles. The van der Waals surface area contributed by atoms with E-state index in [1.54, 1.807) is 0 Å². The number of aryl methyl sites for hydroxylation is 1. The first-order valence-corrected chi connectivity index (χ1v) is 7.90. The minimum atomic E-state index is -1.36. The lowest BCUT2D eigenvalue weighted by atomic mass is 9.55. The van der Waals surface area contributed by atoms with Gasteiger partial charge in [-0.2, -0.15) is 0 Å². The highest BCUT2D eigenvalue weighted by atomic mass is 16.4. The minimum absolute atomic E-state index is 0.214. The van der Waals surface area contributed by atoms with Crippen LogP contribution in [0.5, 0.6) is 0 Å². The summed E-state index contributed by atoms with van der Waals surface area (Å²) in [6.07, 6.45) is 6.22. The Balaban J connectivity index is 2.18. The van der Waals surface area contributed by atoms with Gasteiger partial charge in [0, 0.05) is 5.41 Å². The van der Waals surface area contributed by atoms with Gasteiger partial charge in [0.25, 0.3) is 0 Å². The SMILES string of the molecule is CC(C)C1(C2(C)CC2)CCCc2ccc(B(O)O)cc21. The number of fused-ring (bicyclic) bond motifs is 1. The number of benzene rings is 1. The molecule has 20 heavy (non-hydrogen) atoms. The van der Waals surface area contributed by atoms with Gasteiger partial charge in [-0.05, 0) is 60.0 Å². The van der Waals surface area contributed by atoms with E-state index in [9.17, 15) is 10.0 Å². The highest BCUT2D eigenvalue weighted by molar-refractivity contribution is 6.58. The summed E-state index contributed by atoms with van der Waals surface area (Å²) in [6, 6.07) is 6.06. The van der Waals surface area contributed by atoms with Crippen LogP contribution in [-0.2, 0) is 11.8 Å². The fourth-order valence-corrected chi connectivity index (χ4v) is 4.64. The quantitative estimate of drug-likeness (QED) is 0.829. The third kappa shape index (κ3) is 1.87. The molecule has 0 aromatic heterocycles. The molecule has 2 N–H and O–H groups in total. The molecule has 0 radical (unpaired) electrons. The molecular formula is C17H25BO2. The van der Waals surface area contributed by atoms with E-state index in [-0.39, 0.29) is 5.41 Å². The van der Waals surface area contributed by atoms with E-state index < -0.39 is 7.12 Å². The maximum atomic E-state index is 9.51. The van der Waals surface area contributed by atoms with E-state index >= 15 is 0 Å². The predicted octanol–water partition coefficient (Wildman–Crippen LogP) is 2.40. The topological polar surface area (TPSA) is 40.5 Å². The highest BCUT2D eigenvalue weighted by Crippen LogP contribution is 2.65. The average molecular weight is 272 g/mol. The zero-order chi connectivity index (χ0) is 14.5. The normalized spacial score (nSPS) is 27.3. The van der Waals surface area contributed by atoms with Crippen molar-refractivity contribution in [3.63, 3.8) is 0 Å². The third-order valence-corrected chi connectivity index (χ3v) is 5.99. The number of rotatable bonds is 3. The number of hydrogen-bond donors (Lipinski definition) is 2. The molecule has 2 aliphatic rings. The molecule has 2 aliphatic carbocycles. The molecule has 3 rings (SSSR count). The summed E-state index contributed by atoms with van der Waals surface area (Å²) in [5, 5.41) is 19.0. The van der Waals surface area contributed by atoms with Crippen molar-refractivity contribution < 1.29 is 10.0 Å². The monoisotopic (exact) mass is 272 g/mol. The largest absolute Gasteiger partial charge is 0.488 e. The first-order valence-electron chi connectivity index (χ1n) is 7.90. The molecule has 1 aromatic carbocycles. The Morgan fingerprint density at radius 2 is 1.85 bits per heavy atom. The van der Waals surface area contributed by atoms with E-state index in [4.69, 9.17) is 0 Å². The van der Waals surface area contributed by atoms with Crippen molar-refractivity contribution in [2.45, 2.75) is 58.3 Å². The summed E-state index contributed by atoms with van der Waals surface area (Å²) < 4.78 is 0. The summed E-state index contributed by atoms with van der Waals surface area (Å²) >= 11 is 0. The number of hydrogen-bond acceptors (Lipinski definition) is 2. The van der Waals surface area contributed by atoms with Crippen molar-refractivity contribution in [1.29, 1.82) is 0 Å². The lowest BCUT2D eigenvalue weighted by molar-refractivity contribution is 0.154. The van der Waals surface area contributed by atoms with Gasteiger partial charge in [0.05, 0.1) is 0 Å². The molecule has 0 spiro atoms. The molecular weight excluding hydrogens is 247 g/mol. The Morgan fingerprint density at radius 1 is 1.15 bits per heavy atom. The van der Waals surface area contributed by atoms with Crippen molar-refractivity contribution in [3.05, 3.63) is 29.3 Å². The van der Waals surface area contributed by atoms with E-state index in [1.165, 1.54) is 36.8 Å². The predicted molar refractivity (Wildman–Crippen MR) is 83.1 cm³/mol. The van der Waals surface area contributed by atoms with Crippen LogP contribution in [0.4, 0.5) is 0 Å². The first-order chi connectivity index (χ1) is 9.41. The summed E-state index contributed by atoms with van der Waals surface area (Å²) in [4.78, 5) is 0. The second-order valence-corrected chi connectivity index (χ2v) is 7.33. The maximum absolute atomic E-state index is 9.51. The van der Waals surface area contributed by atoms with Crippen molar-refractivity contribution in [3.8, 4) is 0 Å². The van der Waals surface area contributed by atoms with Crippen molar-refractivity contribution >= 4 is 12.6 Å².